The molecule has 0 spiro atoms. The molecule has 2 heterocycles. The highest BCUT2D eigenvalue weighted by atomic mass is 16.5. The number of ether oxygens (including phenoxy) is 2. The van der Waals surface area contributed by atoms with Crippen molar-refractivity contribution in [3.05, 3.63) is 0 Å². The molecule has 2 saturated heterocycles. The van der Waals surface area contributed by atoms with Crippen LogP contribution in [0, 0.1) is 5.92 Å². The van der Waals surface area contributed by atoms with E-state index in [1.54, 1.807) is 0 Å². The monoisotopic (exact) mass is 312 g/mol. The molecule has 1 amide bonds. The lowest BCUT2D eigenvalue weighted by molar-refractivity contribution is -0.151. The van der Waals surface area contributed by atoms with Crippen molar-refractivity contribution in [2.75, 3.05) is 52.5 Å². The summed E-state index contributed by atoms with van der Waals surface area (Å²) in [5.41, 5.74) is 0. The number of hydrogen-bond donors (Lipinski definition) is 0. The van der Waals surface area contributed by atoms with Crippen LogP contribution in [0.4, 0.5) is 0 Å². The zero-order valence-electron chi connectivity index (χ0n) is 13.6. The third-order valence-electron chi connectivity index (χ3n) is 4.44. The van der Waals surface area contributed by atoms with Gasteiger partial charge in [0.05, 0.1) is 25.7 Å². The molecular formula is C16H28N2O4. The fourth-order valence-electron chi connectivity index (χ4n) is 3.06. The first kappa shape index (κ1) is 17.2. The number of nitrogens with zero attached hydrogens (tertiary/aromatic N) is 2. The van der Waals surface area contributed by atoms with Gasteiger partial charge in [0.2, 0.25) is 5.91 Å². The van der Waals surface area contributed by atoms with Crippen molar-refractivity contribution in [2.45, 2.75) is 32.6 Å². The number of carbonyl (C=O) groups excluding carboxylic acids is 2. The van der Waals surface area contributed by atoms with E-state index in [2.05, 4.69) is 4.90 Å². The maximum Gasteiger partial charge on any atom is 0.309 e. The predicted octanol–water partition coefficient (Wildman–Crippen LogP) is 0.901. The maximum atomic E-state index is 12.2. The number of hydrogen-bond acceptors (Lipinski definition) is 5. The third-order valence-corrected chi connectivity index (χ3v) is 4.44. The molecule has 2 aliphatic rings. The molecule has 22 heavy (non-hydrogen) atoms. The van der Waals surface area contributed by atoms with Crippen molar-refractivity contribution in [3.8, 4) is 0 Å². The van der Waals surface area contributed by atoms with Crippen molar-refractivity contribution in [1.29, 1.82) is 0 Å². The quantitative estimate of drug-likeness (QED) is 0.682. The first-order chi connectivity index (χ1) is 10.7. The summed E-state index contributed by atoms with van der Waals surface area (Å²) in [5, 5.41) is 0. The van der Waals surface area contributed by atoms with Crippen LogP contribution in [-0.2, 0) is 19.1 Å². The van der Waals surface area contributed by atoms with Gasteiger partial charge in [-0.3, -0.25) is 14.5 Å². The van der Waals surface area contributed by atoms with Crippen LogP contribution >= 0.6 is 0 Å². The molecule has 0 saturated carbocycles. The van der Waals surface area contributed by atoms with Crippen LogP contribution in [0.25, 0.3) is 0 Å². The Labute approximate surface area is 132 Å². The molecular weight excluding hydrogens is 284 g/mol. The van der Waals surface area contributed by atoms with Gasteiger partial charge in [0, 0.05) is 32.6 Å². The minimum absolute atomic E-state index is 0.0302. The Morgan fingerprint density at radius 2 is 1.82 bits per heavy atom. The van der Waals surface area contributed by atoms with Crippen LogP contribution in [0.15, 0.2) is 0 Å². The van der Waals surface area contributed by atoms with E-state index in [0.29, 0.717) is 26.1 Å². The molecule has 0 atom stereocenters. The Hall–Kier alpha value is -1.14. The van der Waals surface area contributed by atoms with E-state index in [1.165, 1.54) is 0 Å². The highest BCUT2D eigenvalue weighted by molar-refractivity contribution is 5.77. The van der Waals surface area contributed by atoms with E-state index in [-0.39, 0.29) is 17.8 Å². The lowest BCUT2D eigenvalue weighted by Crippen LogP contribution is -2.41. The summed E-state index contributed by atoms with van der Waals surface area (Å²) in [7, 11) is 0. The van der Waals surface area contributed by atoms with Gasteiger partial charge in [-0.25, -0.2) is 0 Å². The normalized spacial score (nSPS) is 20.9. The van der Waals surface area contributed by atoms with E-state index in [9.17, 15) is 9.59 Å². The summed E-state index contributed by atoms with van der Waals surface area (Å²) in [6, 6.07) is 0. The second-order valence-corrected chi connectivity index (χ2v) is 5.96. The summed E-state index contributed by atoms with van der Waals surface area (Å²) in [4.78, 5) is 28.1. The predicted molar refractivity (Wildman–Crippen MR) is 82.4 cm³/mol. The number of rotatable bonds is 6. The maximum absolute atomic E-state index is 12.2. The third kappa shape index (κ3) is 5.25. The molecule has 0 aromatic carbocycles. The molecule has 0 aromatic heterocycles. The summed E-state index contributed by atoms with van der Waals surface area (Å²) >= 11 is 0. The average Bonchev–Trinajstić information content (AvgIpc) is 2.56. The molecule has 2 fully saturated rings. The van der Waals surface area contributed by atoms with Gasteiger partial charge in [-0.1, -0.05) is 0 Å². The Morgan fingerprint density at radius 1 is 1.14 bits per heavy atom. The summed E-state index contributed by atoms with van der Waals surface area (Å²) in [6.45, 7) is 8.13. The van der Waals surface area contributed by atoms with Gasteiger partial charge < -0.3 is 14.4 Å². The molecule has 2 rings (SSSR count). The van der Waals surface area contributed by atoms with E-state index in [0.717, 1.165) is 52.1 Å². The number of likely N-dealkylation sites (tertiary alicyclic amines) is 1. The lowest BCUT2D eigenvalue weighted by atomic mass is 9.96. The fourth-order valence-corrected chi connectivity index (χ4v) is 3.06. The van der Waals surface area contributed by atoms with Gasteiger partial charge in [0.25, 0.3) is 0 Å². The van der Waals surface area contributed by atoms with Crippen molar-refractivity contribution < 1.29 is 19.1 Å². The Bertz CT molecular complexity index is 361. The largest absolute Gasteiger partial charge is 0.466 e. The van der Waals surface area contributed by atoms with Gasteiger partial charge >= 0.3 is 5.97 Å². The molecule has 126 valence electrons. The van der Waals surface area contributed by atoms with Crippen LogP contribution in [0.5, 0.6) is 0 Å². The van der Waals surface area contributed by atoms with Crippen molar-refractivity contribution in [2.24, 2.45) is 5.92 Å². The summed E-state index contributed by atoms with van der Waals surface area (Å²) in [5.74, 6) is 0.0786. The van der Waals surface area contributed by atoms with Crippen LogP contribution < -0.4 is 0 Å². The zero-order chi connectivity index (χ0) is 15.8. The Kier molecular flexibility index (Phi) is 7.12. The first-order valence-electron chi connectivity index (χ1n) is 8.45. The van der Waals surface area contributed by atoms with E-state index >= 15 is 0 Å². The molecule has 0 aliphatic carbocycles. The molecule has 2 aliphatic heterocycles. The number of piperidine rings is 1. The average molecular weight is 312 g/mol. The highest BCUT2D eigenvalue weighted by Gasteiger charge is 2.27. The Morgan fingerprint density at radius 3 is 2.45 bits per heavy atom. The van der Waals surface area contributed by atoms with Gasteiger partial charge in [0.1, 0.15) is 0 Å². The summed E-state index contributed by atoms with van der Waals surface area (Å²) in [6.07, 6.45) is 2.96. The topological polar surface area (TPSA) is 59.1 Å². The number of morpholine rings is 1. The molecule has 0 unspecified atom stereocenters. The SMILES string of the molecule is CCOC(=O)C1CCN(C(=O)CCCN2CCOCC2)CC1. The molecule has 0 N–H and O–H groups in total. The number of esters is 1. The van der Waals surface area contributed by atoms with Crippen molar-refractivity contribution in [3.63, 3.8) is 0 Å². The van der Waals surface area contributed by atoms with Crippen LogP contribution in [0.3, 0.4) is 0 Å². The minimum Gasteiger partial charge on any atom is -0.466 e. The van der Waals surface area contributed by atoms with Crippen molar-refractivity contribution >= 4 is 11.9 Å². The van der Waals surface area contributed by atoms with E-state index in [4.69, 9.17) is 9.47 Å². The number of amides is 1. The standard InChI is InChI=1S/C16H28N2O4/c1-2-22-16(20)14-5-8-18(9-6-14)15(19)4-3-7-17-10-12-21-13-11-17/h14H,2-13H2,1H3. The molecule has 6 nitrogen and oxygen atoms in total. The fraction of sp³-hybridized carbons (Fsp3) is 0.875. The summed E-state index contributed by atoms with van der Waals surface area (Å²) < 4.78 is 10.4. The first-order valence-corrected chi connectivity index (χ1v) is 8.45. The van der Waals surface area contributed by atoms with Crippen LogP contribution in [-0.4, -0.2) is 74.2 Å². The highest BCUT2D eigenvalue weighted by Crippen LogP contribution is 2.19. The van der Waals surface area contributed by atoms with Gasteiger partial charge in [-0.05, 0) is 32.7 Å². The van der Waals surface area contributed by atoms with E-state index < -0.39 is 0 Å². The van der Waals surface area contributed by atoms with Gasteiger partial charge in [-0.2, -0.15) is 0 Å². The second-order valence-electron chi connectivity index (χ2n) is 5.96. The smallest absolute Gasteiger partial charge is 0.309 e. The van der Waals surface area contributed by atoms with Gasteiger partial charge in [0.15, 0.2) is 0 Å². The van der Waals surface area contributed by atoms with E-state index in [1.807, 2.05) is 11.8 Å². The molecule has 6 heteroatoms. The second kappa shape index (κ2) is 9.10. The zero-order valence-corrected chi connectivity index (χ0v) is 13.6. The van der Waals surface area contributed by atoms with Gasteiger partial charge in [-0.15, -0.1) is 0 Å². The van der Waals surface area contributed by atoms with Crippen LogP contribution in [0.2, 0.25) is 0 Å². The minimum atomic E-state index is -0.109. The molecule has 0 bridgehead atoms. The number of carbonyl (C=O) groups is 2. The van der Waals surface area contributed by atoms with Crippen molar-refractivity contribution in [1.82, 2.24) is 9.80 Å². The molecule has 0 radical (unpaired) electrons. The molecule has 0 aromatic rings. The van der Waals surface area contributed by atoms with Crippen LogP contribution in [0.1, 0.15) is 32.6 Å². The Balaban J connectivity index is 1.61. The lowest BCUT2D eigenvalue weighted by Gasteiger charge is -2.31.